The Balaban J connectivity index is 1.86. The Labute approximate surface area is 129 Å². The van der Waals surface area contributed by atoms with Crippen molar-refractivity contribution in [1.29, 1.82) is 0 Å². The van der Waals surface area contributed by atoms with Crippen molar-refractivity contribution < 1.29 is 4.79 Å². The molecule has 1 aliphatic heterocycles. The number of amides is 1. The number of hydrogen-bond donors (Lipinski definition) is 1. The molecule has 2 aromatic carbocycles. The minimum atomic E-state index is -0.386. The van der Waals surface area contributed by atoms with Gasteiger partial charge in [-0.05, 0) is 54.3 Å². The SMILES string of the molecule is NC(=O)c1cccc(CN2CCCc3cc(Cl)ccc32)c1. The minimum Gasteiger partial charge on any atom is -0.367 e. The third kappa shape index (κ3) is 3.03. The molecular weight excluding hydrogens is 284 g/mol. The first-order valence-electron chi connectivity index (χ1n) is 7.05. The van der Waals surface area contributed by atoms with Crippen LogP contribution in [0.1, 0.15) is 27.9 Å². The smallest absolute Gasteiger partial charge is 0.248 e. The van der Waals surface area contributed by atoms with Crippen molar-refractivity contribution in [3.05, 3.63) is 64.2 Å². The summed E-state index contributed by atoms with van der Waals surface area (Å²) in [5, 5.41) is 0.784. The summed E-state index contributed by atoms with van der Waals surface area (Å²) in [6.07, 6.45) is 2.18. The summed E-state index contributed by atoms with van der Waals surface area (Å²) in [5.41, 5.74) is 9.51. The summed E-state index contributed by atoms with van der Waals surface area (Å²) in [6.45, 7) is 1.78. The van der Waals surface area contributed by atoms with Crippen LogP contribution in [0.25, 0.3) is 0 Å². The highest BCUT2D eigenvalue weighted by Crippen LogP contribution is 2.30. The van der Waals surface area contributed by atoms with Crippen LogP contribution in [0.15, 0.2) is 42.5 Å². The predicted molar refractivity (Wildman–Crippen MR) is 85.8 cm³/mol. The van der Waals surface area contributed by atoms with E-state index in [1.807, 2.05) is 30.3 Å². The number of hydrogen-bond acceptors (Lipinski definition) is 2. The van der Waals surface area contributed by atoms with Gasteiger partial charge in [0.1, 0.15) is 0 Å². The van der Waals surface area contributed by atoms with Crippen molar-refractivity contribution in [3.8, 4) is 0 Å². The third-order valence-corrected chi connectivity index (χ3v) is 4.08. The summed E-state index contributed by atoms with van der Waals surface area (Å²) in [4.78, 5) is 13.6. The normalized spacial score (nSPS) is 13.9. The molecule has 21 heavy (non-hydrogen) atoms. The first kappa shape index (κ1) is 14.0. The second-order valence-corrected chi connectivity index (χ2v) is 5.80. The van der Waals surface area contributed by atoms with Gasteiger partial charge in [-0.15, -0.1) is 0 Å². The van der Waals surface area contributed by atoms with Gasteiger partial charge in [-0.2, -0.15) is 0 Å². The summed E-state index contributed by atoms with van der Waals surface area (Å²) in [5.74, 6) is -0.386. The number of carbonyl (C=O) groups excluding carboxylic acids is 1. The Morgan fingerprint density at radius 2 is 2.10 bits per heavy atom. The molecule has 0 aromatic heterocycles. The Morgan fingerprint density at radius 3 is 2.90 bits per heavy atom. The highest BCUT2D eigenvalue weighted by molar-refractivity contribution is 6.30. The first-order chi connectivity index (χ1) is 10.1. The molecule has 0 saturated heterocycles. The Bertz CT molecular complexity index is 684. The van der Waals surface area contributed by atoms with Gasteiger partial charge < -0.3 is 10.6 Å². The van der Waals surface area contributed by atoms with Gasteiger partial charge in [0.15, 0.2) is 0 Å². The largest absolute Gasteiger partial charge is 0.367 e. The number of benzene rings is 2. The molecule has 3 rings (SSSR count). The maximum absolute atomic E-state index is 11.3. The number of nitrogens with zero attached hydrogens (tertiary/aromatic N) is 1. The van der Waals surface area contributed by atoms with E-state index >= 15 is 0 Å². The predicted octanol–water partition coefficient (Wildman–Crippen LogP) is 3.39. The van der Waals surface area contributed by atoms with Crippen LogP contribution in [0.3, 0.4) is 0 Å². The summed E-state index contributed by atoms with van der Waals surface area (Å²) in [7, 11) is 0. The van der Waals surface area contributed by atoms with Crippen molar-refractivity contribution in [3.63, 3.8) is 0 Å². The zero-order valence-corrected chi connectivity index (χ0v) is 12.4. The number of halogens is 1. The average Bonchev–Trinajstić information content (AvgIpc) is 2.47. The highest BCUT2D eigenvalue weighted by atomic mass is 35.5. The van der Waals surface area contributed by atoms with Gasteiger partial charge in [-0.3, -0.25) is 4.79 Å². The fourth-order valence-corrected chi connectivity index (χ4v) is 3.05. The van der Waals surface area contributed by atoms with E-state index in [0.717, 1.165) is 36.5 Å². The molecule has 0 bridgehead atoms. The monoisotopic (exact) mass is 300 g/mol. The zero-order chi connectivity index (χ0) is 14.8. The van der Waals surface area contributed by atoms with E-state index in [0.29, 0.717) is 5.56 Å². The number of primary amides is 1. The van der Waals surface area contributed by atoms with E-state index in [4.69, 9.17) is 17.3 Å². The van der Waals surface area contributed by atoms with Crippen LogP contribution in [-0.4, -0.2) is 12.5 Å². The van der Waals surface area contributed by atoms with Gasteiger partial charge in [-0.1, -0.05) is 23.7 Å². The van der Waals surface area contributed by atoms with Crippen molar-refractivity contribution in [2.24, 2.45) is 5.73 Å². The van der Waals surface area contributed by atoms with E-state index in [9.17, 15) is 4.79 Å². The summed E-state index contributed by atoms with van der Waals surface area (Å²) in [6, 6.07) is 13.6. The molecule has 0 saturated carbocycles. The lowest BCUT2D eigenvalue weighted by atomic mass is 10.0. The second kappa shape index (κ2) is 5.78. The molecule has 108 valence electrons. The molecule has 3 nitrogen and oxygen atoms in total. The average molecular weight is 301 g/mol. The van der Waals surface area contributed by atoms with Gasteiger partial charge in [0.25, 0.3) is 0 Å². The van der Waals surface area contributed by atoms with Gasteiger partial charge in [0.05, 0.1) is 0 Å². The lowest BCUT2D eigenvalue weighted by Crippen LogP contribution is -2.28. The van der Waals surface area contributed by atoms with E-state index in [-0.39, 0.29) is 5.91 Å². The second-order valence-electron chi connectivity index (χ2n) is 5.36. The summed E-state index contributed by atoms with van der Waals surface area (Å²) >= 11 is 6.07. The van der Waals surface area contributed by atoms with Crippen LogP contribution < -0.4 is 10.6 Å². The van der Waals surface area contributed by atoms with Crippen molar-refractivity contribution in [2.75, 3.05) is 11.4 Å². The van der Waals surface area contributed by atoms with E-state index < -0.39 is 0 Å². The molecule has 4 heteroatoms. The van der Waals surface area contributed by atoms with Crippen molar-refractivity contribution in [1.82, 2.24) is 0 Å². The van der Waals surface area contributed by atoms with Crippen LogP contribution in [0.5, 0.6) is 0 Å². The number of anilines is 1. The van der Waals surface area contributed by atoms with Crippen LogP contribution in [0.2, 0.25) is 5.02 Å². The number of fused-ring (bicyclic) bond motifs is 1. The third-order valence-electron chi connectivity index (χ3n) is 3.84. The lowest BCUT2D eigenvalue weighted by Gasteiger charge is -2.31. The highest BCUT2D eigenvalue weighted by Gasteiger charge is 2.17. The van der Waals surface area contributed by atoms with Crippen LogP contribution in [0, 0.1) is 0 Å². The number of nitrogens with two attached hydrogens (primary N) is 1. The molecule has 1 amide bonds. The molecule has 0 radical (unpaired) electrons. The number of carbonyl (C=O) groups is 1. The molecule has 0 spiro atoms. The quantitative estimate of drug-likeness (QED) is 0.944. The minimum absolute atomic E-state index is 0.386. The van der Waals surface area contributed by atoms with Crippen molar-refractivity contribution >= 4 is 23.2 Å². The molecule has 0 atom stereocenters. The standard InChI is InChI=1S/C17H17ClN2O/c18-15-6-7-16-13(10-15)5-2-8-20(16)11-12-3-1-4-14(9-12)17(19)21/h1,3-4,6-7,9-10H,2,5,8,11H2,(H2,19,21). The Morgan fingerprint density at radius 1 is 1.24 bits per heavy atom. The molecule has 0 aliphatic carbocycles. The number of aryl methyl sites for hydroxylation is 1. The molecular formula is C17H17ClN2O. The van der Waals surface area contributed by atoms with Gasteiger partial charge in [0.2, 0.25) is 5.91 Å². The zero-order valence-electron chi connectivity index (χ0n) is 11.7. The van der Waals surface area contributed by atoms with E-state index in [1.54, 1.807) is 6.07 Å². The van der Waals surface area contributed by atoms with E-state index in [2.05, 4.69) is 11.0 Å². The van der Waals surface area contributed by atoms with Crippen LogP contribution >= 0.6 is 11.6 Å². The van der Waals surface area contributed by atoms with Gasteiger partial charge in [-0.25, -0.2) is 0 Å². The topological polar surface area (TPSA) is 46.3 Å². The molecule has 0 unspecified atom stereocenters. The fourth-order valence-electron chi connectivity index (χ4n) is 2.85. The molecule has 1 aliphatic rings. The molecule has 2 N–H and O–H groups in total. The lowest BCUT2D eigenvalue weighted by molar-refractivity contribution is 0.1000. The van der Waals surface area contributed by atoms with Gasteiger partial charge >= 0.3 is 0 Å². The maximum Gasteiger partial charge on any atom is 0.248 e. The molecule has 0 fully saturated rings. The first-order valence-corrected chi connectivity index (χ1v) is 7.43. The van der Waals surface area contributed by atoms with E-state index in [1.165, 1.54) is 11.3 Å². The van der Waals surface area contributed by atoms with Crippen LogP contribution in [0.4, 0.5) is 5.69 Å². The Kier molecular flexibility index (Phi) is 3.84. The Hall–Kier alpha value is -2.00. The van der Waals surface area contributed by atoms with Crippen molar-refractivity contribution in [2.45, 2.75) is 19.4 Å². The maximum atomic E-state index is 11.3. The van der Waals surface area contributed by atoms with Gasteiger partial charge in [0, 0.05) is 29.4 Å². The molecule has 2 aromatic rings. The van der Waals surface area contributed by atoms with Crippen LogP contribution in [-0.2, 0) is 13.0 Å². The number of rotatable bonds is 3. The fraction of sp³-hybridized carbons (Fsp3) is 0.235. The summed E-state index contributed by atoms with van der Waals surface area (Å²) < 4.78 is 0. The molecule has 1 heterocycles.